The fraction of sp³-hybridized carbons (Fsp3) is 0.0667. The maximum absolute atomic E-state index is 6.80. The average Bonchev–Trinajstić information content (AvgIpc) is 3.43. The van der Waals surface area contributed by atoms with Crippen molar-refractivity contribution in [2.24, 2.45) is 0 Å². The molecule has 8 rings (SSSR count). The van der Waals surface area contributed by atoms with Gasteiger partial charge in [0.05, 0.1) is 0 Å². The number of halogens is 3. The van der Waals surface area contributed by atoms with Gasteiger partial charge in [0, 0.05) is 0 Å². The Morgan fingerprint density at radius 3 is 2.31 bits per heavy atom. The van der Waals surface area contributed by atoms with E-state index in [1.807, 2.05) is 17.4 Å². The molecule has 0 radical (unpaired) electrons. The van der Waals surface area contributed by atoms with Crippen LogP contribution in [-0.2, 0) is 23.2 Å². The maximum Gasteiger partial charge on any atom is -1.00 e. The van der Waals surface area contributed by atoms with Crippen molar-refractivity contribution in [1.29, 1.82) is 0 Å². The Bertz CT molecular complexity index is 1600. The van der Waals surface area contributed by atoms with Crippen LogP contribution >= 0.6 is 22.9 Å². The second-order valence-electron chi connectivity index (χ2n) is 8.75. The van der Waals surface area contributed by atoms with E-state index in [9.17, 15) is 0 Å². The molecule has 170 valence electrons. The summed E-state index contributed by atoms with van der Waals surface area (Å²) in [6.07, 6.45) is 2.47. The Kier molecular flexibility index (Phi) is 7.15. The third-order valence-corrected chi connectivity index (χ3v) is 12.4. The van der Waals surface area contributed by atoms with Crippen molar-refractivity contribution in [3.8, 4) is 0 Å². The molecule has 2 heterocycles. The standard InChI is InChI=1S/C15H10Cl.C15H9S.2ClH.Zr/c16-14-8-4-7-12-9-10-13(15(12)14)11-5-2-1-3-6-11;1-2-11-8-12-9-14(11)15(3-1)16-13-6-4-10(12)5-7-13;;;/h1-9,13H;1-9H;2*1H;/q;;;;+2/p-2. The molecular formula is C30H19Cl3SZr. The molecule has 2 aromatic heterocycles. The summed E-state index contributed by atoms with van der Waals surface area (Å²) in [5, 5.41) is 3.70. The molecule has 0 saturated heterocycles. The van der Waals surface area contributed by atoms with Gasteiger partial charge in [-0.25, -0.2) is 0 Å². The van der Waals surface area contributed by atoms with Gasteiger partial charge in [0.15, 0.2) is 0 Å². The number of fused-ring (bicyclic) bond motifs is 3. The zero-order chi connectivity index (χ0) is 21.9. The van der Waals surface area contributed by atoms with Crippen LogP contribution in [0.15, 0.2) is 100 Å². The number of hydrogen-bond acceptors (Lipinski definition) is 1. The van der Waals surface area contributed by atoms with E-state index in [4.69, 9.17) is 11.6 Å². The summed E-state index contributed by atoms with van der Waals surface area (Å²) in [5.74, 6) is 0.277. The third kappa shape index (κ3) is 4.18. The first-order valence-electron chi connectivity index (χ1n) is 11.2. The molecule has 2 aliphatic rings. The third-order valence-electron chi connectivity index (χ3n) is 6.88. The van der Waals surface area contributed by atoms with Gasteiger partial charge < -0.3 is 24.8 Å². The first kappa shape index (κ1) is 25.0. The van der Waals surface area contributed by atoms with E-state index >= 15 is 0 Å². The van der Waals surface area contributed by atoms with Gasteiger partial charge in [-0.2, -0.15) is 0 Å². The first-order chi connectivity index (χ1) is 16.3. The summed E-state index contributed by atoms with van der Waals surface area (Å²) < 4.78 is 4.82. The van der Waals surface area contributed by atoms with Crippen molar-refractivity contribution >= 4 is 49.2 Å². The summed E-state index contributed by atoms with van der Waals surface area (Å²) >= 11 is 7.64. The Labute approximate surface area is 238 Å². The van der Waals surface area contributed by atoms with Gasteiger partial charge >= 0.3 is 215 Å². The summed E-state index contributed by atoms with van der Waals surface area (Å²) in [5.41, 5.74) is 6.98. The van der Waals surface area contributed by atoms with Gasteiger partial charge in [-0.05, 0) is 0 Å². The Hall–Kier alpha value is -1.67. The van der Waals surface area contributed by atoms with Crippen molar-refractivity contribution in [3.05, 3.63) is 133 Å². The zero-order valence-electron chi connectivity index (χ0n) is 18.5. The molecule has 4 aromatic carbocycles. The second-order valence-corrected chi connectivity index (χ2v) is 13.8. The van der Waals surface area contributed by atoms with E-state index in [-0.39, 0.29) is 30.7 Å². The zero-order valence-corrected chi connectivity index (χ0v) is 24.1. The fourth-order valence-corrected chi connectivity index (χ4v) is 11.2. The fourth-order valence-electron chi connectivity index (χ4n) is 5.38. The molecule has 0 saturated carbocycles. The Balaban J connectivity index is 0.00000127. The van der Waals surface area contributed by atoms with Crippen molar-refractivity contribution < 1.29 is 48.0 Å². The van der Waals surface area contributed by atoms with Gasteiger partial charge in [-0.3, -0.25) is 0 Å². The SMILES string of the molecule is Clc1cccc2c1C(c1ccccc1)[C]([Zr+2][CH]1c3cc4c1cccc4sc1ccc3cc1)=C2.[Cl-].[Cl-]. The summed E-state index contributed by atoms with van der Waals surface area (Å²) in [4.78, 5) is 0. The summed E-state index contributed by atoms with van der Waals surface area (Å²) in [7, 11) is 0. The molecule has 0 amide bonds. The van der Waals surface area contributed by atoms with Crippen LogP contribution in [0.5, 0.6) is 0 Å². The van der Waals surface area contributed by atoms with Gasteiger partial charge in [0.1, 0.15) is 0 Å². The molecular weight excluding hydrogens is 590 g/mol. The smallest absolute Gasteiger partial charge is 1.00 e. The molecule has 2 unspecified atom stereocenters. The predicted molar refractivity (Wildman–Crippen MR) is 138 cm³/mol. The molecule has 2 atom stereocenters. The molecule has 0 aliphatic heterocycles. The number of hydrogen-bond donors (Lipinski definition) is 0. The summed E-state index contributed by atoms with van der Waals surface area (Å²) in [6, 6.07) is 35.9. The normalized spacial score (nSPS) is 16.9. The Morgan fingerprint density at radius 1 is 0.743 bits per heavy atom. The summed E-state index contributed by atoms with van der Waals surface area (Å²) in [6.45, 7) is 0. The van der Waals surface area contributed by atoms with Gasteiger partial charge in [-0.15, -0.1) is 0 Å². The molecule has 2 aliphatic carbocycles. The molecule has 0 nitrogen and oxygen atoms in total. The van der Waals surface area contributed by atoms with Crippen LogP contribution in [-0.4, -0.2) is 0 Å². The molecule has 0 fully saturated rings. The molecule has 6 aromatic rings. The van der Waals surface area contributed by atoms with E-state index in [1.54, 1.807) is 3.28 Å². The monoisotopic (exact) mass is 606 g/mol. The quantitative estimate of drug-likeness (QED) is 0.296. The van der Waals surface area contributed by atoms with Crippen molar-refractivity contribution in [2.75, 3.05) is 0 Å². The minimum Gasteiger partial charge on any atom is -1.00 e. The molecule has 35 heavy (non-hydrogen) atoms. The van der Waals surface area contributed by atoms with Crippen molar-refractivity contribution in [1.82, 2.24) is 0 Å². The van der Waals surface area contributed by atoms with Crippen molar-refractivity contribution in [2.45, 2.75) is 9.54 Å². The Morgan fingerprint density at radius 2 is 1.51 bits per heavy atom. The van der Waals surface area contributed by atoms with Crippen LogP contribution in [0.4, 0.5) is 0 Å². The molecule has 0 N–H and O–H groups in total. The number of allylic oxidation sites excluding steroid dienone is 1. The number of rotatable bonds is 3. The predicted octanol–water partition coefficient (Wildman–Crippen LogP) is 2.95. The minimum atomic E-state index is -1.05. The number of benzene rings is 4. The maximum atomic E-state index is 6.80. The van der Waals surface area contributed by atoms with Crippen LogP contribution in [0.1, 0.15) is 37.4 Å². The topological polar surface area (TPSA) is 0 Å². The van der Waals surface area contributed by atoms with E-state index in [1.165, 1.54) is 48.0 Å². The second kappa shape index (κ2) is 10.0. The van der Waals surface area contributed by atoms with Gasteiger partial charge in [-0.1, -0.05) is 0 Å². The van der Waals surface area contributed by atoms with Crippen LogP contribution in [0.25, 0.3) is 26.2 Å². The van der Waals surface area contributed by atoms with E-state index < -0.39 is 23.2 Å². The largest absolute Gasteiger partial charge is 1.00 e. The van der Waals surface area contributed by atoms with Crippen LogP contribution in [0, 0.1) is 0 Å². The average molecular weight is 609 g/mol. The van der Waals surface area contributed by atoms with E-state index in [0.717, 1.165) is 5.02 Å². The first-order valence-corrected chi connectivity index (χ1v) is 15.0. The van der Waals surface area contributed by atoms with Gasteiger partial charge in [0.25, 0.3) is 0 Å². The van der Waals surface area contributed by atoms with Gasteiger partial charge in [0.2, 0.25) is 0 Å². The van der Waals surface area contributed by atoms with Crippen LogP contribution in [0.2, 0.25) is 5.02 Å². The van der Waals surface area contributed by atoms with Crippen LogP contribution in [0.3, 0.4) is 0 Å². The van der Waals surface area contributed by atoms with Crippen molar-refractivity contribution in [3.63, 3.8) is 0 Å². The molecule has 0 spiro atoms. The molecule has 4 bridgehead atoms. The van der Waals surface area contributed by atoms with E-state index in [0.29, 0.717) is 3.63 Å². The minimum absolute atomic E-state index is 0. The van der Waals surface area contributed by atoms with E-state index in [2.05, 4.69) is 97.1 Å². The molecule has 5 heteroatoms. The van der Waals surface area contributed by atoms with Crippen LogP contribution < -0.4 is 24.8 Å².